The predicted molar refractivity (Wildman–Crippen MR) is 106 cm³/mol. The molecule has 0 aliphatic heterocycles. The van der Waals surface area contributed by atoms with Crippen molar-refractivity contribution in [1.29, 1.82) is 5.26 Å². The van der Waals surface area contributed by atoms with Crippen molar-refractivity contribution < 1.29 is 4.79 Å². The van der Waals surface area contributed by atoms with E-state index in [0.717, 1.165) is 49.9 Å². The lowest BCUT2D eigenvalue weighted by Gasteiger charge is -2.58. The summed E-state index contributed by atoms with van der Waals surface area (Å²) >= 11 is 0. The fourth-order valence-electron chi connectivity index (χ4n) is 6.49. The lowest BCUT2D eigenvalue weighted by Crippen LogP contribution is -2.60. The van der Waals surface area contributed by atoms with Gasteiger partial charge in [-0.2, -0.15) is 5.26 Å². The van der Waals surface area contributed by atoms with E-state index >= 15 is 0 Å². The van der Waals surface area contributed by atoms with Crippen molar-refractivity contribution >= 4 is 5.91 Å². The van der Waals surface area contributed by atoms with Crippen molar-refractivity contribution in [3.63, 3.8) is 0 Å². The van der Waals surface area contributed by atoms with Crippen LogP contribution in [0.2, 0.25) is 0 Å². The zero-order valence-corrected chi connectivity index (χ0v) is 16.1. The minimum atomic E-state index is -0.434. The number of hydrogen-bond donors (Lipinski definition) is 1. The standard InChI is InChI=1S/C23H31N3O/c24-8-10-26(9-4-7-17-5-2-1-3-6-17)22(27)21(25)23-14-18-11-19(15-23)13-20(12-18)16-23/h1-3,5-6,18-21H,4,7,9-16,25H2. The van der Waals surface area contributed by atoms with Gasteiger partial charge in [0, 0.05) is 6.54 Å². The van der Waals surface area contributed by atoms with Gasteiger partial charge in [0.05, 0.1) is 12.1 Å². The molecule has 4 saturated carbocycles. The Morgan fingerprint density at radius 2 is 1.74 bits per heavy atom. The lowest BCUT2D eigenvalue weighted by molar-refractivity contribution is -0.142. The quantitative estimate of drug-likeness (QED) is 0.752. The van der Waals surface area contributed by atoms with E-state index in [1.807, 2.05) is 18.2 Å². The third-order valence-electron chi connectivity index (χ3n) is 7.32. The summed E-state index contributed by atoms with van der Waals surface area (Å²) in [4.78, 5) is 15.0. The van der Waals surface area contributed by atoms with Gasteiger partial charge in [0.2, 0.25) is 5.91 Å². The Balaban J connectivity index is 1.40. The van der Waals surface area contributed by atoms with Crippen molar-refractivity contribution in [1.82, 2.24) is 4.90 Å². The Hall–Kier alpha value is -1.86. The summed E-state index contributed by atoms with van der Waals surface area (Å²) < 4.78 is 0. The molecule has 4 fully saturated rings. The van der Waals surface area contributed by atoms with Crippen LogP contribution < -0.4 is 5.73 Å². The molecule has 1 aromatic rings. The number of carbonyl (C=O) groups excluding carboxylic acids is 1. The van der Waals surface area contributed by atoms with E-state index in [-0.39, 0.29) is 17.9 Å². The fraction of sp³-hybridized carbons (Fsp3) is 0.652. The number of nitrogens with two attached hydrogens (primary N) is 1. The third kappa shape index (κ3) is 3.75. The molecule has 1 unspecified atom stereocenters. The van der Waals surface area contributed by atoms with Gasteiger partial charge >= 0.3 is 0 Å². The molecule has 4 aliphatic carbocycles. The smallest absolute Gasteiger partial charge is 0.240 e. The monoisotopic (exact) mass is 365 g/mol. The Labute approximate surface area is 162 Å². The number of carbonyl (C=O) groups is 1. The van der Waals surface area contributed by atoms with Crippen molar-refractivity contribution in [2.45, 2.75) is 57.4 Å². The summed E-state index contributed by atoms with van der Waals surface area (Å²) in [5.41, 5.74) is 7.90. The molecule has 27 heavy (non-hydrogen) atoms. The van der Waals surface area contributed by atoms with E-state index in [9.17, 15) is 10.1 Å². The van der Waals surface area contributed by atoms with Gasteiger partial charge in [-0.1, -0.05) is 30.3 Å². The van der Waals surface area contributed by atoms with Crippen molar-refractivity contribution in [3.05, 3.63) is 35.9 Å². The Morgan fingerprint density at radius 1 is 1.15 bits per heavy atom. The molecular formula is C23H31N3O. The van der Waals surface area contributed by atoms with Gasteiger partial charge in [0.1, 0.15) is 6.54 Å². The molecule has 5 rings (SSSR count). The number of nitriles is 1. The molecule has 0 spiro atoms. The summed E-state index contributed by atoms with van der Waals surface area (Å²) in [6.07, 6.45) is 9.19. The van der Waals surface area contributed by atoms with Gasteiger partial charge in [0.15, 0.2) is 0 Å². The molecule has 2 N–H and O–H groups in total. The molecule has 0 aromatic heterocycles. The molecule has 1 atom stereocenters. The van der Waals surface area contributed by atoms with E-state index < -0.39 is 6.04 Å². The second-order valence-corrected chi connectivity index (χ2v) is 9.26. The maximum Gasteiger partial charge on any atom is 0.240 e. The molecule has 4 aliphatic rings. The second-order valence-electron chi connectivity index (χ2n) is 9.26. The molecule has 0 saturated heterocycles. The zero-order valence-electron chi connectivity index (χ0n) is 16.1. The maximum absolute atomic E-state index is 13.2. The summed E-state index contributed by atoms with van der Waals surface area (Å²) in [7, 11) is 0. The van der Waals surface area contributed by atoms with Crippen molar-refractivity contribution in [2.75, 3.05) is 13.1 Å². The van der Waals surface area contributed by atoms with Crippen LogP contribution in [0.3, 0.4) is 0 Å². The van der Waals surface area contributed by atoms with Crippen LogP contribution in [0.15, 0.2) is 30.3 Å². The average Bonchev–Trinajstić information content (AvgIpc) is 2.66. The van der Waals surface area contributed by atoms with Crippen LogP contribution in [0.1, 0.15) is 50.5 Å². The summed E-state index contributed by atoms with van der Waals surface area (Å²) in [6.45, 7) is 0.759. The van der Waals surface area contributed by atoms with E-state index in [2.05, 4.69) is 18.2 Å². The normalized spacial score (nSPS) is 32.1. The SMILES string of the molecule is N#CCN(CCCc1ccccc1)C(=O)C(N)C12CC3CC(CC(C3)C1)C2. The minimum absolute atomic E-state index is 0.00102. The number of hydrogen-bond acceptors (Lipinski definition) is 3. The third-order valence-corrected chi connectivity index (χ3v) is 7.32. The molecule has 0 radical (unpaired) electrons. The largest absolute Gasteiger partial charge is 0.328 e. The second kappa shape index (κ2) is 7.64. The number of benzene rings is 1. The number of aryl methyl sites for hydroxylation is 1. The van der Waals surface area contributed by atoms with E-state index in [0.29, 0.717) is 6.54 Å². The predicted octanol–water partition coefficient (Wildman–Crippen LogP) is 3.52. The van der Waals surface area contributed by atoms with E-state index in [1.165, 1.54) is 24.8 Å². The Kier molecular flexibility index (Phi) is 5.23. The topological polar surface area (TPSA) is 70.1 Å². The highest BCUT2D eigenvalue weighted by atomic mass is 16.2. The van der Waals surface area contributed by atoms with Crippen LogP contribution in [0, 0.1) is 34.5 Å². The highest BCUT2D eigenvalue weighted by Crippen LogP contribution is 2.61. The fourth-order valence-corrected chi connectivity index (χ4v) is 6.49. The van der Waals surface area contributed by atoms with Crippen LogP contribution in [-0.4, -0.2) is 29.9 Å². The number of rotatable bonds is 7. The first-order valence-corrected chi connectivity index (χ1v) is 10.5. The lowest BCUT2D eigenvalue weighted by atomic mass is 9.47. The van der Waals surface area contributed by atoms with Crippen LogP contribution >= 0.6 is 0 Å². The van der Waals surface area contributed by atoms with Crippen molar-refractivity contribution in [3.8, 4) is 6.07 Å². The van der Waals surface area contributed by atoms with Gasteiger partial charge in [-0.3, -0.25) is 4.79 Å². The molecule has 4 heteroatoms. The Morgan fingerprint density at radius 3 is 2.30 bits per heavy atom. The van der Waals surface area contributed by atoms with E-state index in [4.69, 9.17) is 5.73 Å². The van der Waals surface area contributed by atoms with Gasteiger partial charge in [-0.05, 0) is 80.1 Å². The molecule has 4 nitrogen and oxygen atoms in total. The van der Waals surface area contributed by atoms with Crippen LogP contribution in [-0.2, 0) is 11.2 Å². The van der Waals surface area contributed by atoms with Crippen LogP contribution in [0.4, 0.5) is 0 Å². The average molecular weight is 366 g/mol. The highest BCUT2D eigenvalue weighted by molar-refractivity contribution is 5.83. The minimum Gasteiger partial charge on any atom is -0.328 e. The first-order chi connectivity index (χ1) is 13.1. The van der Waals surface area contributed by atoms with Gasteiger partial charge in [0.25, 0.3) is 0 Å². The van der Waals surface area contributed by atoms with Gasteiger partial charge in [-0.15, -0.1) is 0 Å². The molecule has 4 bridgehead atoms. The van der Waals surface area contributed by atoms with Crippen LogP contribution in [0.5, 0.6) is 0 Å². The van der Waals surface area contributed by atoms with Gasteiger partial charge < -0.3 is 10.6 Å². The Bertz CT molecular complexity index is 673. The molecular weight excluding hydrogens is 334 g/mol. The first-order valence-electron chi connectivity index (χ1n) is 10.5. The van der Waals surface area contributed by atoms with Crippen LogP contribution in [0.25, 0.3) is 0 Å². The molecule has 1 amide bonds. The summed E-state index contributed by atoms with van der Waals surface area (Å²) in [6, 6.07) is 12.0. The summed E-state index contributed by atoms with van der Waals surface area (Å²) in [5, 5.41) is 9.23. The molecule has 1 aromatic carbocycles. The van der Waals surface area contributed by atoms with Gasteiger partial charge in [-0.25, -0.2) is 0 Å². The number of nitrogens with zero attached hydrogens (tertiary/aromatic N) is 2. The maximum atomic E-state index is 13.2. The number of amides is 1. The zero-order chi connectivity index (χ0) is 18.9. The first kappa shape index (κ1) is 18.5. The van der Waals surface area contributed by atoms with E-state index in [1.54, 1.807) is 4.90 Å². The highest BCUT2D eigenvalue weighted by Gasteiger charge is 2.55. The summed E-state index contributed by atoms with van der Waals surface area (Å²) in [5.74, 6) is 2.33. The van der Waals surface area contributed by atoms with Crippen molar-refractivity contribution in [2.24, 2.45) is 28.9 Å². The molecule has 144 valence electrons. The molecule has 0 heterocycles.